The summed E-state index contributed by atoms with van der Waals surface area (Å²) in [4.78, 5) is 13.9. The van der Waals surface area contributed by atoms with Crippen molar-refractivity contribution in [2.75, 3.05) is 6.54 Å². The van der Waals surface area contributed by atoms with Gasteiger partial charge in [-0.3, -0.25) is 10.7 Å². The molecular weight excluding hydrogens is 248 g/mol. The molecule has 0 aliphatic carbocycles. The monoisotopic (exact) mass is 267 g/mol. The second kappa shape index (κ2) is 6.12. The molecule has 1 atom stereocenters. The van der Waals surface area contributed by atoms with Gasteiger partial charge in [0.1, 0.15) is 0 Å². The van der Waals surface area contributed by atoms with Crippen LogP contribution in [0.5, 0.6) is 0 Å². The standard InChI is InChI=1S/C11H20NO.Rb/c1-7(2)10-9(5)6-12(8(3)4)11(10)13;/h7-8,10H,6H2,1-5H3;/q-1;+1. The topological polar surface area (TPSA) is 20.3 Å². The van der Waals surface area contributed by atoms with E-state index in [1.54, 1.807) is 0 Å². The number of carbonyl (C=O) groups is 1. The fourth-order valence-corrected chi connectivity index (χ4v) is 2.13. The second-order valence-electron chi connectivity index (χ2n) is 4.63. The van der Waals surface area contributed by atoms with Crippen molar-refractivity contribution in [2.45, 2.75) is 40.7 Å². The number of hydrogen-bond donors (Lipinski definition) is 0. The molecule has 0 aromatic rings. The second-order valence-corrected chi connectivity index (χ2v) is 4.63. The first-order valence-electron chi connectivity index (χ1n) is 5.08. The van der Waals surface area contributed by atoms with Crippen LogP contribution in [0.15, 0.2) is 0 Å². The maximum Gasteiger partial charge on any atom is 1.00 e. The molecule has 1 aliphatic heterocycles. The van der Waals surface area contributed by atoms with E-state index in [0.29, 0.717) is 17.9 Å². The van der Waals surface area contributed by atoms with Gasteiger partial charge in [0.25, 0.3) is 0 Å². The van der Waals surface area contributed by atoms with Gasteiger partial charge in [0.05, 0.1) is 0 Å². The summed E-state index contributed by atoms with van der Waals surface area (Å²) in [6.45, 7) is 11.4. The molecule has 1 amide bonds. The van der Waals surface area contributed by atoms with Crippen LogP contribution in [-0.4, -0.2) is 23.4 Å². The van der Waals surface area contributed by atoms with Gasteiger partial charge in [0, 0.05) is 6.04 Å². The Morgan fingerprint density at radius 2 is 1.86 bits per heavy atom. The Kier molecular flexibility index (Phi) is 6.68. The van der Waals surface area contributed by atoms with Crippen LogP contribution >= 0.6 is 0 Å². The Bertz CT molecular complexity index is 203. The molecule has 1 fully saturated rings. The van der Waals surface area contributed by atoms with Gasteiger partial charge in [0.2, 0.25) is 0 Å². The van der Waals surface area contributed by atoms with Gasteiger partial charge in [-0.25, -0.2) is 0 Å². The molecule has 2 nitrogen and oxygen atoms in total. The molecule has 1 rings (SSSR count). The molecule has 0 aromatic heterocycles. The summed E-state index contributed by atoms with van der Waals surface area (Å²) in [5.74, 6) is 2.26. The predicted molar refractivity (Wildman–Crippen MR) is 54.1 cm³/mol. The Hall–Kier alpha value is 1.28. The Labute approximate surface area is 137 Å². The van der Waals surface area contributed by atoms with Crippen LogP contribution in [0.4, 0.5) is 0 Å². The van der Waals surface area contributed by atoms with Crippen molar-refractivity contribution < 1.29 is 63.0 Å². The van der Waals surface area contributed by atoms with Crippen LogP contribution in [-0.2, 0) is 4.79 Å². The third kappa shape index (κ3) is 3.13. The van der Waals surface area contributed by atoms with Crippen LogP contribution < -0.4 is 58.2 Å². The molecule has 0 bridgehead atoms. The van der Waals surface area contributed by atoms with Crippen molar-refractivity contribution in [1.82, 2.24) is 4.90 Å². The largest absolute Gasteiger partial charge is 1.00 e. The van der Waals surface area contributed by atoms with E-state index in [1.165, 1.54) is 5.92 Å². The molecule has 1 saturated heterocycles. The maximum atomic E-state index is 11.9. The third-order valence-electron chi connectivity index (χ3n) is 2.79. The first-order valence-corrected chi connectivity index (χ1v) is 5.08. The van der Waals surface area contributed by atoms with E-state index >= 15 is 0 Å². The first kappa shape index (κ1) is 15.3. The SMILES string of the molecule is C[C-]1CN(C(C)C)C(=O)C1C(C)C.[Rb+]. The smallest absolute Gasteiger partial charge is 0.372 e. The summed E-state index contributed by atoms with van der Waals surface area (Å²) in [5, 5.41) is 0. The predicted octanol–water partition coefficient (Wildman–Crippen LogP) is -0.892. The molecule has 1 aliphatic rings. The quantitative estimate of drug-likeness (QED) is 0.595. The number of nitrogens with zero attached hydrogens (tertiary/aromatic N) is 1. The van der Waals surface area contributed by atoms with E-state index < -0.39 is 0 Å². The molecule has 1 unspecified atom stereocenters. The molecule has 1 heterocycles. The van der Waals surface area contributed by atoms with E-state index in [4.69, 9.17) is 0 Å². The average molecular weight is 268 g/mol. The number of likely N-dealkylation sites (tertiary alicyclic amines) is 1. The van der Waals surface area contributed by atoms with Crippen molar-refractivity contribution >= 4 is 5.91 Å². The van der Waals surface area contributed by atoms with Crippen LogP contribution in [0.1, 0.15) is 34.6 Å². The van der Waals surface area contributed by atoms with Gasteiger partial charge in [-0.1, -0.05) is 25.7 Å². The molecule has 0 spiro atoms. The van der Waals surface area contributed by atoms with Crippen LogP contribution in [0.2, 0.25) is 0 Å². The Balaban J connectivity index is 0.00000169. The van der Waals surface area contributed by atoms with Crippen molar-refractivity contribution in [3.8, 4) is 0 Å². The zero-order valence-electron chi connectivity index (χ0n) is 10.3. The molecule has 0 saturated carbocycles. The van der Waals surface area contributed by atoms with E-state index in [2.05, 4.69) is 34.6 Å². The molecule has 76 valence electrons. The minimum absolute atomic E-state index is 0. The normalized spacial score (nSPS) is 23.5. The fourth-order valence-electron chi connectivity index (χ4n) is 2.13. The summed E-state index contributed by atoms with van der Waals surface area (Å²) in [6.07, 6.45) is 0. The van der Waals surface area contributed by atoms with E-state index in [1.807, 2.05) is 4.90 Å². The molecular formula is C11H20NORb. The van der Waals surface area contributed by atoms with E-state index in [9.17, 15) is 4.79 Å². The van der Waals surface area contributed by atoms with Gasteiger partial charge in [0.15, 0.2) is 5.91 Å². The Morgan fingerprint density at radius 3 is 2.07 bits per heavy atom. The van der Waals surface area contributed by atoms with Gasteiger partial charge < -0.3 is 4.90 Å². The maximum absolute atomic E-state index is 11.9. The van der Waals surface area contributed by atoms with Crippen molar-refractivity contribution in [2.24, 2.45) is 11.8 Å². The van der Waals surface area contributed by atoms with Gasteiger partial charge >= 0.3 is 58.2 Å². The van der Waals surface area contributed by atoms with E-state index in [0.717, 1.165) is 6.54 Å². The minimum Gasteiger partial charge on any atom is -0.372 e. The van der Waals surface area contributed by atoms with Gasteiger partial charge in [-0.15, -0.1) is 6.54 Å². The van der Waals surface area contributed by atoms with E-state index in [-0.39, 0.29) is 64.1 Å². The molecule has 0 aromatic carbocycles. The molecule has 3 heteroatoms. The van der Waals surface area contributed by atoms with Crippen LogP contribution in [0.3, 0.4) is 0 Å². The summed E-state index contributed by atoms with van der Waals surface area (Å²) in [5.41, 5.74) is 0. The number of amides is 1. The summed E-state index contributed by atoms with van der Waals surface area (Å²) < 4.78 is 0. The van der Waals surface area contributed by atoms with Gasteiger partial charge in [-0.05, 0) is 13.8 Å². The van der Waals surface area contributed by atoms with Crippen molar-refractivity contribution in [3.63, 3.8) is 0 Å². The summed E-state index contributed by atoms with van der Waals surface area (Å²) >= 11 is 0. The fraction of sp³-hybridized carbons (Fsp3) is 0.818. The number of rotatable bonds is 2. The number of carbonyl (C=O) groups excluding carboxylic acids is 1. The molecule has 14 heavy (non-hydrogen) atoms. The zero-order chi connectivity index (χ0) is 10.2. The third-order valence-corrected chi connectivity index (χ3v) is 2.79. The molecule has 0 N–H and O–H groups in total. The van der Waals surface area contributed by atoms with Crippen molar-refractivity contribution in [3.05, 3.63) is 5.92 Å². The average Bonchev–Trinajstić information content (AvgIpc) is 2.26. The Morgan fingerprint density at radius 1 is 1.36 bits per heavy atom. The van der Waals surface area contributed by atoms with Crippen LogP contribution in [0, 0.1) is 17.8 Å². The zero-order valence-corrected chi connectivity index (χ0v) is 15.2. The minimum atomic E-state index is 0. The summed E-state index contributed by atoms with van der Waals surface area (Å²) in [7, 11) is 0. The summed E-state index contributed by atoms with van der Waals surface area (Å²) in [6, 6.07) is 0.339. The van der Waals surface area contributed by atoms with Gasteiger partial charge in [-0.2, -0.15) is 6.92 Å². The van der Waals surface area contributed by atoms with Crippen molar-refractivity contribution in [1.29, 1.82) is 0 Å². The molecule has 0 radical (unpaired) electrons. The van der Waals surface area contributed by atoms with Crippen LogP contribution in [0.25, 0.3) is 0 Å². The first-order chi connectivity index (χ1) is 5.95. The number of hydrogen-bond acceptors (Lipinski definition) is 1.